The normalized spacial score (nSPS) is 11.0. The van der Waals surface area contributed by atoms with Crippen molar-refractivity contribution in [3.8, 4) is 5.75 Å². The molecule has 0 aliphatic heterocycles. The zero-order valence-corrected chi connectivity index (χ0v) is 13.5. The lowest BCUT2D eigenvalue weighted by molar-refractivity contribution is 0.102. The highest BCUT2D eigenvalue weighted by molar-refractivity contribution is 6.13. The Morgan fingerprint density at radius 1 is 1.13 bits per heavy atom. The molecule has 0 saturated carbocycles. The van der Waals surface area contributed by atoms with Crippen LogP contribution in [-0.4, -0.2) is 18.0 Å². The summed E-state index contributed by atoms with van der Waals surface area (Å²) in [6.07, 6.45) is 1.72. The number of aromatic amines is 1. The van der Waals surface area contributed by atoms with E-state index in [1.807, 2.05) is 42.5 Å². The van der Waals surface area contributed by atoms with E-state index in [2.05, 4.69) is 24.1 Å². The summed E-state index contributed by atoms with van der Waals surface area (Å²) < 4.78 is 5.23. The molecule has 0 radical (unpaired) electrons. The number of benzene rings is 2. The summed E-state index contributed by atoms with van der Waals surface area (Å²) in [5.74, 6) is 1.06. The van der Waals surface area contributed by atoms with Crippen molar-refractivity contribution < 1.29 is 9.53 Å². The predicted molar refractivity (Wildman–Crippen MR) is 93.3 cm³/mol. The second kappa shape index (κ2) is 6.16. The van der Waals surface area contributed by atoms with Crippen molar-refractivity contribution in [3.05, 3.63) is 59.8 Å². The van der Waals surface area contributed by atoms with Gasteiger partial charge in [-0.1, -0.05) is 26.0 Å². The Labute approximate surface area is 135 Å². The van der Waals surface area contributed by atoms with Gasteiger partial charge in [0.15, 0.2) is 0 Å². The Hall–Kier alpha value is -2.75. The molecule has 0 spiro atoms. The van der Waals surface area contributed by atoms with Crippen LogP contribution in [0.5, 0.6) is 5.75 Å². The average Bonchev–Trinajstić information content (AvgIpc) is 2.98. The molecule has 0 atom stereocenters. The van der Waals surface area contributed by atoms with E-state index in [9.17, 15) is 4.79 Å². The van der Waals surface area contributed by atoms with E-state index in [4.69, 9.17) is 4.74 Å². The minimum atomic E-state index is -0.137. The van der Waals surface area contributed by atoms with Gasteiger partial charge in [-0.15, -0.1) is 0 Å². The maximum atomic E-state index is 12.5. The van der Waals surface area contributed by atoms with E-state index in [0.717, 1.165) is 22.3 Å². The molecule has 2 N–H and O–H groups in total. The van der Waals surface area contributed by atoms with Gasteiger partial charge in [-0.3, -0.25) is 4.79 Å². The van der Waals surface area contributed by atoms with Crippen molar-refractivity contribution in [1.29, 1.82) is 0 Å². The van der Waals surface area contributed by atoms with Crippen LogP contribution < -0.4 is 10.1 Å². The summed E-state index contributed by atoms with van der Waals surface area (Å²) in [5.41, 5.74) is 3.55. The largest absolute Gasteiger partial charge is 0.497 e. The zero-order valence-electron chi connectivity index (χ0n) is 13.5. The molecule has 0 saturated heterocycles. The second-order valence-electron chi connectivity index (χ2n) is 5.84. The minimum absolute atomic E-state index is 0.137. The van der Waals surface area contributed by atoms with Crippen LogP contribution in [0.15, 0.2) is 48.7 Å². The molecule has 4 nitrogen and oxygen atoms in total. The van der Waals surface area contributed by atoms with Crippen LogP contribution in [0.3, 0.4) is 0 Å². The first-order valence-electron chi connectivity index (χ1n) is 7.65. The molecular weight excluding hydrogens is 288 g/mol. The first kappa shape index (κ1) is 15.2. The van der Waals surface area contributed by atoms with Crippen LogP contribution in [0.4, 0.5) is 5.69 Å². The summed E-state index contributed by atoms with van der Waals surface area (Å²) in [4.78, 5) is 15.6. The molecule has 23 heavy (non-hydrogen) atoms. The number of hydrogen-bond acceptors (Lipinski definition) is 2. The SMILES string of the molecule is COc1ccc2[nH]cc(C(=O)Nc3ccc(C(C)C)cc3)c2c1. The molecule has 0 bridgehead atoms. The van der Waals surface area contributed by atoms with Gasteiger partial charge in [0, 0.05) is 22.8 Å². The highest BCUT2D eigenvalue weighted by Crippen LogP contribution is 2.24. The molecular formula is C19H20N2O2. The molecule has 0 unspecified atom stereocenters. The van der Waals surface area contributed by atoms with E-state index < -0.39 is 0 Å². The monoisotopic (exact) mass is 308 g/mol. The Kier molecular flexibility index (Phi) is 4.06. The average molecular weight is 308 g/mol. The van der Waals surface area contributed by atoms with Crippen molar-refractivity contribution in [2.75, 3.05) is 12.4 Å². The van der Waals surface area contributed by atoms with Crippen molar-refractivity contribution >= 4 is 22.5 Å². The second-order valence-corrected chi connectivity index (χ2v) is 5.84. The lowest BCUT2D eigenvalue weighted by Gasteiger charge is -2.08. The third-order valence-electron chi connectivity index (χ3n) is 3.97. The van der Waals surface area contributed by atoms with Crippen molar-refractivity contribution in [1.82, 2.24) is 4.98 Å². The summed E-state index contributed by atoms with van der Waals surface area (Å²) >= 11 is 0. The van der Waals surface area contributed by atoms with Crippen LogP contribution >= 0.6 is 0 Å². The Balaban J connectivity index is 1.85. The fourth-order valence-corrected chi connectivity index (χ4v) is 2.56. The highest BCUT2D eigenvalue weighted by atomic mass is 16.5. The Morgan fingerprint density at radius 2 is 1.87 bits per heavy atom. The van der Waals surface area contributed by atoms with Crippen molar-refractivity contribution in [3.63, 3.8) is 0 Å². The summed E-state index contributed by atoms with van der Waals surface area (Å²) in [5, 5.41) is 3.79. The third kappa shape index (κ3) is 3.06. The molecule has 0 aliphatic rings. The van der Waals surface area contributed by atoms with E-state index in [1.165, 1.54) is 5.56 Å². The number of anilines is 1. The van der Waals surface area contributed by atoms with Gasteiger partial charge in [-0.25, -0.2) is 0 Å². The van der Waals surface area contributed by atoms with E-state index in [-0.39, 0.29) is 5.91 Å². The van der Waals surface area contributed by atoms with E-state index in [1.54, 1.807) is 13.3 Å². The minimum Gasteiger partial charge on any atom is -0.497 e. The van der Waals surface area contributed by atoms with Crippen LogP contribution in [-0.2, 0) is 0 Å². The lowest BCUT2D eigenvalue weighted by Crippen LogP contribution is -2.11. The molecule has 0 aliphatic carbocycles. The summed E-state index contributed by atoms with van der Waals surface area (Å²) in [6, 6.07) is 13.6. The van der Waals surface area contributed by atoms with Gasteiger partial charge in [0.05, 0.1) is 12.7 Å². The van der Waals surface area contributed by atoms with Gasteiger partial charge < -0.3 is 15.0 Å². The van der Waals surface area contributed by atoms with Gasteiger partial charge in [-0.2, -0.15) is 0 Å². The summed E-state index contributed by atoms with van der Waals surface area (Å²) in [6.45, 7) is 4.29. The molecule has 1 aromatic heterocycles. The van der Waals surface area contributed by atoms with Crippen molar-refractivity contribution in [2.45, 2.75) is 19.8 Å². The van der Waals surface area contributed by atoms with Crippen molar-refractivity contribution in [2.24, 2.45) is 0 Å². The maximum Gasteiger partial charge on any atom is 0.257 e. The van der Waals surface area contributed by atoms with Gasteiger partial charge in [0.25, 0.3) is 5.91 Å². The molecule has 0 fully saturated rings. The molecule has 2 aromatic carbocycles. The number of carbonyl (C=O) groups is 1. The molecule has 1 amide bonds. The van der Waals surface area contributed by atoms with Gasteiger partial charge in [0.1, 0.15) is 5.75 Å². The van der Waals surface area contributed by atoms with Crippen LogP contribution in [0.25, 0.3) is 10.9 Å². The molecule has 1 heterocycles. The number of nitrogens with one attached hydrogen (secondary N) is 2. The summed E-state index contributed by atoms with van der Waals surface area (Å²) in [7, 11) is 1.61. The molecule has 3 aromatic rings. The Morgan fingerprint density at radius 3 is 2.52 bits per heavy atom. The topological polar surface area (TPSA) is 54.1 Å². The first-order chi connectivity index (χ1) is 11.1. The fraction of sp³-hybridized carbons (Fsp3) is 0.211. The molecule has 4 heteroatoms. The number of aromatic nitrogens is 1. The fourth-order valence-electron chi connectivity index (χ4n) is 2.56. The predicted octanol–water partition coefficient (Wildman–Crippen LogP) is 4.55. The first-order valence-corrected chi connectivity index (χ1v) is 7.65. The number of methoxy groups -OCH3 is 1. The number of hydrogen-bond donors (Lipinski definition) is 2. The number of carbonyl (C=O) groups excluding carboxylic acids is 1. The van der Waals surface area contributed by atoms with Gasteiger partial charge >= 0.3 is 0 Å². The number of H-pyrrole nitrogens is 1. The number of ether oxygens (including phenoxy) is 1. The van der Waals surface area contributed by atoms with Crippen LogP contribution in [0.2, 0.25) is 0 Å². The Bertz CT molecular complexity index is 832. The van der Waals surface area contributed by atoms with Crippen LogP contribution in [0, 0.1) is 0 Å². The van der Waals surface area contributed by atoms with Crippen LogP contribution in [0.1, 0.15) is 35.7 Å². The lowest BCUT2D eigenvalue weighted by atomic mass is 10.0. The standard InChI is InChI=1S/C19H20N2O2/c1-12(2)13-4-6-14(7-5-13)21-19(22)17-11-20-18-9-8-15(23-3)10-16(17)18/h4-12,20H,1-3H3,(H,21,22). The third-order valence-corrected chi connectivity index (χ3v) is 3.97. The number of rotatable bonds is 4. The van der Waals surface area contributed by atoms with Gasteiger partial charge in [-0.05, 0) is 41.8 Å². The maximum absolute atomic E-state index is 12.5. The number of amides is 1. The van der Waals surface area contributed by atoms with E-state index >= 15 is 0 Å². The highest BCUT2D eigenvalue weighted by Gasteiger charge is 2.13. The zero-order chi connectivity index (χ0) is 16.4. The van der Waals surface area contributed by atoms with Gasteiger partial charge in [0.2, 0.25) is 0 Å². The molecule has 3 rings (SSSR count). The quantitative estimate of drug-likeness (QED) is 0.742. The number of fused-ring (bicyclic) bond motifs is 1. The van der Waals surface area contributed by atoms with E-state index in [0.29, 0.717) is 11.5 Å². The smallest absolute Gasteiger partial charge is 0.257 e. The molecule has 118 valence electrons.